The molecule has 1 heterocycles. The van der Waals surface area contributed by atoms with Crippen LogP contribution < -0.4 is 10.6 Å². The first-order valence-electron chi connectivity index (χ1n) is 8.72. The summed E-state index contributed by atoms with van der Waals surface area (Å²) in [5.74, 6) is -0.260. The van der Waals surface area contributed by atoms with Crippen molar-refractivity contribution in [2.45, 2.75) is 32.9 Å². The molecule has 2 rings (SSSR count). The Bertz CT molecular complexity index is 577. The summed E-state index contributed by atoms with van der Waals surface area (Å²) in [6.45, 7) is 8.41. The molecule has 25 heavy (non-hydrogen) atoms. The Morgan fingerprint density at radius 2 is 1.72 bits per heavy atom. The number of nitrogens with zero attached hydrogens (tertiary/aromatic N) is 2. The van der Waals surface area contributed by atoms with E-state index in [9.17, 15) is 9.59 Å². The highest BCUT2D eigenvalue weighted by Crippen LogP contribution is 2.13. The molecule has 0 aromatic heterocycles. The minimum absolute atomic E-state index is 0.00686. The van der Waals surface area contributed by atoms with Gasteiger partial charge in [0.15, 0.2) is 0 Å². The molecule has 0 unspecified atom stereocenters. The Morgan fingerprint density at radius 3 is 2.40 bits per heavy atom. The molecule has 1 aliphatic rings. The fourth-order valence-corrected chi connectivity index (χ4v) is 2.98. The maximum atomic E-state index is 12.0. The molecule has 0 atom stereocenters. The third kappa shape index (κ3) is 7.42. The van der Waals surface area contributed by atoms with Gasteiger partial charge in [0, 0.05) is 30.7 Å². The molecule has 0 bridgehead atoms. The summed E-state index contributed by atoms with van der Waals surface area (Å²) in [7, 11) is 0. The molecule has 2 N–H and O–H groups in total. The number of rotatable bonds is 5. The van der Waals surface area contributed by atoms with Gasteiger partial charge in [-0.05, 0) is 51.1 Å². The van der Waals surface area contributed by atoms with E-state index in [0.717, 1.165) is 44.2 Å². The van der Waals surface area contributed by atoms with Crippen molar-refractivity contribution in [1.29, 1.82) is 0 Å². The van der Waals surface area contributed by atoms with Gasteiger partial charge >= 0.3 is 6.03 Å². The lowest BCUT2D eigenvalue weighted by molar-refractivity contribution is -0.121. The molecule has 1 aromatic rings. The zero-order chi connectivity index (χ0) is 18.2. The first kappa shape index (κ1) is 19.7. The van der Waals surface area contributed by atoms with Crippen LogP contribution in [0.3, 0.4) is 0 Å². The molecule has 1 saturated heterocycles. The molecular weight excluding hydrogens is 340 g/mol. The Hall–Kier alpha value is -1.63. The van der Waals surface area contributed by atoms with E-state index in [-0.39, 0.29) is 18.5 Å². The Balaban J connectivity index is 1.76. The Labute approximate surface area is 154 Å². The van der Waals surface area contributed by atoms with Crippen molar-refractivity contribution < 1.29 is 9.59 Å². The predicted molar refractivity (Wildman–Crippen MR) is 99.6 cm³/mol. The van der Waals surface area contributed by atoms with Gasteiger partial charge in [-0.3, -0.25) is 19.9 Å². The van der Waals surface area contributed by atoms with Crippen molar-refractivity contribution in [1.82, 2.24) is 20.4 Å². The van der Waals surface area contributed by atoms with Gasteiger partial charge < -0.3 is 5.32 Å². The lowest BCUT2D eigenvalue weighted by Gasteiger charge is -2.21. The number of hydrogen-bond donors (Lipinski definition) is 2. The quantitative estimate of drug-likeness (QED) is 0.837. The number of carbonyl (C=O) groups is 2. The van der Waals surface area contributed by atoms with E-state index in [1.165, 1.54) is 5.56 Å². The lowest BCUT2D eigenvalue weighted by Crippen LogP contribution is -2.46. The maximum Gasteiger partial charge on any atom is 0.321 e. The van der Waals surface area contributed by atoms with Crippen molar-refractivity contribution in [3.63, 3.8) is 0 Å². The lowest BCUT2D eigenvalue weighted by atomic mass is 10.2. The molecule has 6 nitrogen and oxygen atoms in total. The number of benzene rings is 1. The van der Waals surface area contributed by atoms with Crippen molar-refractivity contribution in [3.8, 4) is 0 Å². The van der Waals surface area contributed by atoms with Gasteiger partial charge in [0.2, 0.25) is 5.91 Å². The van der Waals surface area contributed by atoms with Crippen molar-refractivity contribution in [3.05, 3.63) is 34.9 Å². The van der Waals surface area contributed by atoms with Gasteiger partial charge in [-0.15, -0.1) is 0 Å². The second kappa shape index (κ2) is 9.75. The first-order chi connectivity index (χ1) is 11.9. The van der Waals surface area contributed by atoms with E-state index in [0.29, 0.717) is 0 Å². The second-order valence-corrected chi connectivity index (χ2v) is 7.15. The third-order valence-electron chi connectivity index (χ3n) is 4.04. The molecule has 7 heteroatoms. The fourth-order valence-electron chi connectivity index (χ4n) is 2.86. The van der Waals surface area contributed by atoms with Crippen LogP contribution in [0.25, 0.3) is 0 Å². The molecule has 0 spiro atoms. The summed E-state index contributed by atoms with van der Waals surface area (Å²) >= 11 is 5.93. The predicted octanol–water partition coefficient (Wildman–Crippen LogP) is 2.08. The second-order valence-electron chi connectivity index (χ2n) is 6.71. The van der Waals surface area contributed by atoms with Gasteiger partial charge in [0.05, 0.1) is 6.54 Å². The van der Waals surface area contributed by atoms with Crippen molar-refractivity contribution >= 4 is 23.5 Å². The average Bonchev–Trinajstić information content (AvgIpc) is 2.74. The summed E-state index contributed by atoms with van der Waals surface area (Å²) in [6, 6.07) is 7.49. The number of hydrogen-bond acceptors (Lipinski definition) is 4. The molecule has 3 amide bonds. The van der Waals surface area contributed by atoms with E-state index in [1.54, 1.807) is 0 Å². The highest BCUT2D eigenvalue weighted by molar-refractivity contribution is 6.30. The van der Waals surface area contributed by atoms with Crippen molar-refractivity contribution in [2.75, 3.05) is 32.7 Å². The first-order valence-corrected chi connectivity index (χ1v) is 9.09. The maximum absolute atomic E-state index is 12.0. The summed E-state index contributed by atoms with van der Waals surface area (Å²) < 4.78 is 0. The topological polar surface area (TPSA) is 64.7 Å². The minimum Gasteiger partial charge on any atom is -0.336 e. The monoisotopic (exact) mass is 366 g/mol. The summed E-state index contributed by atoms with van der Waals surface area (Å²) in [4.78, 5) is 28.0. The van der Waals surface area contributed by atoms with E-state index >= 15 is 0 Å². The molecule has 138 valence electrons. The summed E-state index contributed by atoms with van der Waals surface area (Å²) in [5, 5.41) is 5.78. The zero-order valence-electron chi connectivity index (χ0n) is 14.9. The van der Waals surface area contributed by atoms with Crippen LogP contribution in [0, 0.1) is 0 Å². The van der Waals surface area contributed by atoms with Crippen LogP contribution >= 0.6 is 11.6 Å². The van der Waals surface area contributed by atoms with Crippen LogP contribution in [0.2, 0.25) is 5.02 Å². The summed E-state index contributed by atoms with van der Waals surface area (Å²) in [6.07, 6.45) is 0.999. The van der Waals surface area contributed by atoms with Crippen LogP contribution in [0.15, 0.2) is 24.3 Å². The van der Waals surface area contributed by atoms with Gasteiger partial charge in [0.1, 0.15) is 0 Å². The molecule has 1 fully saturated rings. The molecular formula is C18H27ClN4O2. The number of imide groups is 1. The average molecular weight is 367 g/mol. The Morgan fingerprint density at radius 1 is 1.08 bits per heavy atom. The number of urea groups is 1. The fraction of sp³-hybridized carbons (Fsp3) is 0.556. The number of amides is 3. The molecule has 1 aliphatic heterocycles. The SMILES string of the molecule is CC(C)NC(=O)NC(=O)CN1CCCN(Cc2ccc(Cl)cc2)CC1. The Kier molecular flexibility index (Phi) is 7.68. The van der Waals surface area contributed by atoms with Crippen LogP contribution in [0.1, 0.15) is 25.8 Å². The molecule has 0 radical (unpaired) electrons. The van der Waals surface area contributed by atoms with Crippen LogP contribution in [-0.4, -0.2) is 60.5 Å². The standard InChI is InChI=1S/C18H27ClN4O2/c1-14(2)20-18(25)21-17(24)13-23-9-3-8-22(10-11-23)12-15-4-6-16(19)7-5-15/h4-7,14H,3,8-13H2,1-2H3,(H2,20,21,24,25). The number of halogens is 1. The van der Waals surface area contributed by atoms with Gasteiger partial charge in [-0.25, -0.2) is 4.79 Å². The third-order valence-corrected chi connectivity index (χ3v) is 4.29. The minimum atomic E-state index is -0.431. The highest BCUT2D eigenvalue weighted by atomic mass is 35.5. The van der Waals surface area contributed by atoms with Crippen LogP contribution in [0.4, 0.5) is 4.79 Å². The van der Waals surface area contributed by atoms with Crippen LogP contribution in [0.5, 0.6) is 0 Å². The largest absolute Gasteiger partial charge is 0.336 e. The van der Waals surface area contributed by atoms with Gasteiger partial charge in [-0.2, -0.15) is 0 Å². The normalized spacial score (nSPS) is 16.5. The van der Waals surface area contributed by atoms with E-state index in [1.807, 2.05) is 38.1 Å². The van der Waals surface area contributed by atoms with E-state index in [4.69, 9.17) is 11.6 Å². The number of nitrogens with one attached hydrogen (secondary N) is 2. The van der Waals surface area contributed by atoms with E-state index < -0.39 is 6.03 Å². The van der Waals surface area contributed by atoms with Gasteiger partial charge in [0.25, 0.3) is 0 Å². The van der Waals surface area contributed by atoms with Crippen LogP contribution in [-0.2, 0) is 11.3 Å². The molecule has 0 aliphatic carbocycles. The highest BCUT2D eigenvalue weighted by Gasteiger charge is 2.18. The number of carbonyl (C=O) groups excluding carboxylic acids is 2. The van der Waals surface area contributed by atoms with Crippen molar-refractivity contribution in [2.24, 2.45) is 0 Å². The van der Waals surface area contributed by atoms with E-state index in [2.05, 4.69) is 20.4 Å². The molecule has 0 saturated carbocycles. The molecule has 1 aromatic carbocycles. The zero-order valence-corrected chi connectivity index (χ0v) is 15.7. The summed E-state index contributed by atoms with van der Waals surface area (Å²) in [5.41, 5.74) is 1.24. The van der Waals surface area contributed by atoms with Gasteiger partial charge in [-0.1, -0.05) is 23.7 Å². The smallest absolute Gasteiger partial charge is 0.321 e.